The molecule has 4 rings (SSSR count). The van der Waals surface area contributed by atoms with Crippen molar-refractivity contribution in [1.82, 2.24) is 4.90 Å². The highest BCUT2D eigenvalue weighted by Gasteiger charge is 2.58. The van der Waals surface area contributed by atoms with Gasteiger partial charge in [-0.3, -0.25) is 4.90 Å². The molecule has 0 unspecified atom stereocenters. The third-order valence-corrected chi connectivity index (χ3v) is 6.38. The summed E-state index contributed by atoms with van der Waals surface area (Å²) in [5, 5.41) is 0. The van der Waals surface area contributed by atoms with Crippen LogP contribution in [0.1, 0.15) is 52.9 Å². The number of nitrogens with zero attached hydrogens (tertiary/aromatic N) is 1. The lowest BCUT2D eigenvalue weighted by molar-refractivity contribution is -0.139. The van der Waals surface area contributed by atoms with E-state index in [1.54, 1.807) is 0 Å². The summed E-state index contributed by atoms with van der Waals surface area (Å²) >= 11 is 0. The maximum Gasteiger partial charge on any atom is 0.0390 e. The van der Waals surface area contributed by atoms with Gasteiger partial charge in [0.15, 0.2) is 0 Å². The molecule has 0 atom stereocenters. The maximum absolute atomic E-state index is 6.36. The zero-order valence-corrected chi connectivity index (χ0v) is 12.4. The van der Waals surface area contributed by atoms with Gasteiger partial charge in [0.2, 0.25) is 0 Å². The van der Waals surface area contributed by atoms with Gasteiger partial charge in [0.1, 0.15) is 0 Å². The zero-order chi connectivity index (χ0) is 12.9. The second kappa shape index (κ2) is 4.49. The Balaban J connectivity index is 1.95. The predicted octanol–water partition coefficient (Wildman–Crippen LogP) is 2.87. The maximum atomic E-state index is 6.36. The molecule has 18 heavy (non-hydrogen) atoms. The minimum absolute atomic E-state index is 0.344. The van der Waals surface area contributed by atoms with Gasteiger partial charge in [-0.25, -0.2) is 0 Å². The van der Waals surface area contributed by atoms with Crippen LogP contribution in [0, 0.1) is 23.7 Å². The molecule has 0 amide bonds. The van der Waals surface area contributed by atoms with E-state index in [0.717, 1.165) is 36.8 Å². The van der Waals surface area contributed by atoms with Gasteiger partial charge in [-0.2, -0.15) is 0 Å². The Morgan fingerprint density at radius 3 is 1.89 bits per heavy atom. The van der Waals surface area contributed by atoms with Crippen molar-refractivity contribution in [2.24, 2.45) is 29.4 Å². The molecule has 2 N–H and O–H groups in total. The lowest BCUT2D eigenvalue weighted by atomic mass is 9.48. The number of hydrogen-bond acceptors (Lipinski definition) is 2. The summed E-state index contributed by atoms with van der Waals surface area (Å²) in [6, 6.07) is 0.635. The zero-order valence-electron chi connectivity index (χ0n) is 12.4. The van der Waals surface area contributed by atoms with Gasteiger partial charge in [0.05, 0.1) is 0 Å². The van der Waals surface area contributed by atoms with Crippen LogP contribution in [0.5, 0.6) is 0 Å². The van der Waals surface area contributed by atoms with Crippen LogP contribution in [0.15, 0.2) is 0 Å². The van der Waals surface area contributed by atoms with Crippen molar-refractivity contribution in [3.63, 3.8) is 0 Å². The Hall–Kier alpha value is -0.0800. The fraction of sp³-hybridized carbons (Fsp3) is 1.00. The average molecular weight is 250 g/mol. The topological polar surface area (TPSA) is 29.3 Å². The third-order valence-electron chi connectivity index (χ3n) is 6.38. The summed E-state index contributed by atoms with van der Waals surface area (Å²) in [5.41, 5.74) is 6.70. The molecule has 2 heteroatoms. The SMILES string of the molecule is CCN(C(C)C)C1(CN)C2CC3CC(C2)CC1C3. The van der Waals surface area contributed by atoms with Crippen LogP contribution in [-0.4, -0.2) is 29.6 Å². The van der Waals surface area contributed by atoms with Crippen molar-refractivity contribution >= 4 is 0 Å². The van der Waals surface area contributed by atoms with Crippen molar-refractivity contribution in [3.8, 4) is 0 Å². The van der Waals surface area contributed by atoms with E-state index in [1.807, 2.05) is 0 Å². The summed E-state index contributed by atoms with van der Waals surface area (Å²) in [6.07, 6.45) is 7.39. The molecule has 0 radical (unpaired) electrons. The molecule has 4 aliphatic rings. The Labute approximate surface area is 112 Å². The number of rotatable bonds is 4. The number of nitrogens with two attached hydrogens (primary N) is 1. The van der Waals surface area contributed by atoms with Crippen LogP contribution in [0.4, 0.5) is 0 Å². The van der Waals surface area contributed by atoms with Crippen LogP contribution in [0.3, 0.4) is 0 Å². The number of likely N-dealkylation sites (N-methyl/N-ethyl adjacent to an activating group) is 1. The summed E-state index contributed by atoms with van der Waals surface area (Å²) < 4.78 is 0. The van der Waals surface area contributed by atoms with Crippen LogP contribution in [-0.2, 0) is 0 Å². The van der Waals surface area contributed by atoms with Crippen molar-refractivity contribution < 1.29 is 0 Å². The quantitative estimate of drug-likeness (QED) is 0.831. The van der Waals surface area contributed by atoms with Crippen LogP contribution in [0.25, 0.3) is 0 Å². The van der Waals surface area contributed by atoms with Crippen molar-refractivity contribution in [1.29, 1.82) is 0 Å². The molecule has 0 heterocycles. The highest BCUT2D eigenvalue weighted by Crippen LogP contribution is 2.60. The van der Waals surface area contributed by atoms with Crippen LogP contribution in [0.2, 0.25) is 0 Å². The summed E-state index contributed by atoms with van der Waals surface area (Å²) in [5.74, 6) is 3.86. The van der Waals surface area contributed by atoms with Crippen molar-refractivity contribution in [2.45, 2.75) is 64.5 Å². The monoisotopic (exact) mass is 250 g/mol. The molecule has 0 aromatic rings. The molecule has 2 nitrogen and oxygen atoms in total. The van der Waals surface area contributed by atoms with Gasteiger partial charge < -0.3 is 5.73 Å². The minimum Gasteiger partial charge on any atom is -0.329 e. The summed E-state index contributed by atoms with van der Waals surface area (Å²) in [7, 11) is 0. The van der Waals surface area contributed by atoms with E-state index in [0.29, 0.717) is 11.6 Å². The molecule has 4 fully saturated rings. The molecule has 4 bridgehead atoms. The first-order valence-corrected chi connectivity index (χ1v) is 8.08. The normalized spacial score (nSPS) is 46.3. The number of hydrogen-bond donors (Lipinski definition) is 1. The van der Waals surface area contributed by atoms with Crippen molar-refractivity contribution in [2.75, 3.05) is 13.1 Å². The standard InChI is InChI=1S/C16H30N2/c1-4-18(11(2)3)16(10-17)14-6-12-5-13(8-14)9-15(16)7-12/h11-15H,4-10,17H2,1-3H3. The third kappa shape index (κ3) is 1.61. The van der Waals surface area contributed by atoms with Gasteiger partial charge in [0, 0.05) is 18.1 Å². The van der Waals surface area contributed by atoms with E-state index in [-0.39, 0.29) is 0 Å². The van der Waals surface area contributed by atoms with Gasteiger partial charge in [-0.15, -0.1) is 0 Å². The molecule has 104 valence electrons. The molecule has 0 aromatic heterocycles. The highest BCUT2D eigenvalue weighted by molar-refractivity contribution is 5.13. The molecule has 4 aliphatic carbocycles. The van der Waals surface area contributed by atoms with E-state index in [9.17, 15) is 0 Å². The van der Waals surface area contributed by atoms with Gasteiger partial charge in [0.25, 0.3) is 0 Å². The molecule has 0 aliphatic heterocycles. The van der Waals surface area contributed by atoms with E-state index >= 15 is 0 Å². The molecular weight excluding hydrogens is 220 g/mol. The molecule has 4 saturated carbocycles. The predicted molar refractivity (Wildman–Crippen MR) is 76.3 cm³/mol. The van der Waals surface area contributed by atoms with Crippen molar-refractivity contribution in [3.05, 3.63) is 0 Å². The van der Waals surface area contributed by atoms with Crippen LogP contribution < -0.4 is 5.73 Å². The second-order valence-electron chi connectivity index (χ2n) is 7.38. The first kappa shape index (κ1) is 12.9. The fourth-order valence-electron chi connectivity index (χ4n) is 6.06. The largest absolute Gasteiger partial charge is 0.329 e. The van der Waals surface area contributed by atoms with Gasteiger partial charge in [-0.05, 0) is 76.2 Å². The Morgan fingerprint density at radius 2 is 1.56 bits per heavy atom. The minimum atomic E-state index is 0.344. The lowest BCUT2D eigenvalue weighted by Gasteiger charge is -2.65. The van der Waals surface area contributed by atoms with E-state index in [2.05, 4.69) is 25.7 Å². The first-order chi connectivity index (χ1) is 8.61. The van der Waals surface area contributed by atoms with Gasteiger partial charge >= 0.3 is 0 Å². The lowest BCUT2D eigenvalue weighted by Crippen LogP contribution is -2.70. The Morgan fingerprint density at radius 1 is 1.06 bits per heavy atom. The Bertz CT molecular complexity index is 282. The molecular formula is C16H30N2. The van der Waals surface area contributed by atoms with E-state index < -0.39 is 0 Å². The Kier molecular flexibility index (Phi) is 3.22. The smallest absolute Gasteiger partial charge is 0.0390 e. The van der Waals surface area contributed by atoms with Gasteiger partial charge in [-0.1, -0.05) is 6.92 Å². The second-order valence-corrected chi connectivity index (χ2v) is 7.38. The molecule has 0 saturated heterocycles. The summed E-state index contributed by atoms with van der Waals surface area (Å²) in [6.45, 7) is 9.07. The van der Waals surface area contributed by atoms with E-state index in [4.69, 9.17) is 5.73 Å². The van der Waals surface area contributed by atoms with Crippen LogP contribution >= 0.6 is 0 Å². The highest BCUT2D eigenvalue weighted by atomic mass is 15.2. The fourth-order valence-corrected chi connectivity index (χ4v) is 6.06. The molecule has 0 spiro atoms. The van der Waals surface area contributed by atoms with E-state index in [1.165, 1.54) is 32.1 Å². The first-order valence-electron chi connectivity index (χ1n) is 8.08. The molecule has 0 aromatic carbocycles. The average Bonchev–Trinajstić information content (AvgIpc) is 2.32. The summed E-state index contributed by atoms with van der Waals surface area (Å²) in [4.78, 5) is 2.75.